The number of hydrogen-bond donors (Lipinski definition) is 0. The fourth-order valence-corrected chi connectivity index (χ4v) is 3.29. The Morgan fingerprint density at radius 1 is 0.720 bits per heavy atom. The van der Waals surface area contributed by atoms with Crippen LogP contribution in [0.1, 0.15) is 0 Å². The average Bonchev–Trinajstić information content (AvgIpc) is 2.69. The van der Waals surface area contributed by atoms with Crippen LogP contribution in [-0.2, 0) is 0 Å². The van der Waals surface area contributed by atoms with Crippen molar-refractivity contribution in [3.8, 4) is 11.4 Å². The number of para-hydroxylation sites is 1. The van der Waals surface area contributed by atoms with Crippen LogP contribution < -0.4 is 9.80 Å². The van der Waals surface area contributed by atoms with Crippen molar-refractivity contribution < 1.29 is 0 Å². The van der Waals surface area contributed by atoms with Gasteiger partial charge < -0.3 is 9.80 Å². The molecule has 25 heavy (non-hydrogen) atoms. The van der Waals surface area contributed by atoms with Crippen molar-refractivity contribution in [2.24, 2.45) is 0 Å². The van der Waals surface area contributed by atoms with E-state index in [0.29, 0.717) is 11.0 Å². The Kier molecular flexibility index (Phi) is 4.53. The first-order valence-corrected chi connectivity index (χ1v) is 8.82. The van der Waals surface area contributed by atoms with Crippen LogP contribution in [0.3, 0.4) is 0 Å². The van der Waals surface area contributed by atoms with E-state index in [2.05, 4.69) is 39.0 Å². The Labute approximate surface area is 152 Å². The monoisotopic (exact) mass is 350 g/mol. The van der Waals surface area contributed by atoms with Gasteiger partial charge in [-0.15, -0.1) is 0 Å². The second kappa shape index (κ2) is 7.11. The number of nitrogens with zero attached hydrogens (tertiary/aromatic N) is 4. The average molecular weight is 351 g/mol. The van der Waals surface area contributed by atoms with Crippen LogP contribution in [0.15, 0.2) is 66.7 Å². The van der Waals surface area contributed by atoms with Crippen LogP contribution >= 0.6 is 11.6 Å². The minimum atomic E-state index is 0.481. The highest BCUT2D eigenvalue weighted by molar-refractivity contribution is 6.29. The molecule has 5 heteroatoms. The Bertz CT molecular complexity index is 831. The van der Waals surface area contributed by atoms with Crippen molar-refractivity contribution in [2.75, 3.05) is 36.0 Å². The summed E-state index contributed by atoms with van der Waals surface area (Å²) in [4.78, 5) is 13.8. The summed E-state index contributed by atoms with van der Waals surface area (Å²) in [6.07, 6.45) is 0. The molecule has 0 amide bonds. The van der Waals surface area contributed by atoms with Gasteiger partial charge in [-0.3, -0.25) is 0 Å². The van der Waals surface area contributed by atoms with E-state index in [-0.39, 0.29) is 0 Å². The minimum Gasteiger partial charge on any atom is -0.368 e. The predicted octanol–water partition coefficient (Wildman–Crippen LogP) is 4.12. The Hall–Kier alpha value is -2.59. The molecule has 0 bridgehead atoms. The quantitative estimate of drug-likeness (QED) is 0.665. The molecule has 1 aromatic heterocycles. The molecule has 1 fully saturated rings. The standard InChI is InChI=1S/C20H19ClN4/c21-18-15-19(23-20(22-18)16-7-3-1-4-8-16)25-13-11-24(12-14-25)17-9-5-2-6-10-17/h1-10,15H,11-14H2. The summed E-state index contributed by atoms with van der Waals surface area (Å²) in [7, 11) is 0. The van der Waals surface area contributed by atoms with Gasteiger partial charge in [0.25, 0.3) is 0 Å². The molecular formula is C20H19ClN4. The molecule has 2 heterocycles. The van der Waals surface area contributed by atoms with Gasteiger partial charge in [0.2, 0.25) is 0 Å². The van der Waals surface area contributed by atoms with E-state index in [1.54, 1.807) is 0 Å². The minimum absolute atomic E-state index is 0.481. The fourth-order valence-electron chi connectivity index (χ4n) is 3.12. The highest BCUT2D eigenvalue weighted by Crippen LogP contribution is 2.24. The third kappa shape index (κ3) is 3.59. The van der Waals surface area contributed by atoms with Crippen molar-refractivity contribution >= 4 is 23.1 Å². The van der Waals surface area contributed by atoms with E-state index in [1.165, 1.54) is 5.69 Å². The van der Waals surface area contributed by atoms with Gasteiger partial charge in [-0.2, -0.15) is 0 Å². The third-order valence-corrected chi connectivity index (χ3v) is 4.63. The van der Waals surface area contributed by atoms with Crippen molar-refractivity contribution in [3.05, 3.63) is 71.9 Å². The molecule has 0 radical (unpaired) electrons. The molecular weight excluding hydrogens is 332 g/mol. The van der Waals surface area contributed by atoms with Gasteiger partial charge in [0.15, 0.2) is 5.82 Å². The topological polar surface area (TPSA) is 32.3 Å². The summed E-state index contributed by atoms with van der Waals surface area (Å²) in [6.45, 7) is 3.76. The molecule has 2 aromatic carbocycles. The zero-order chi connectivity index (χ0) is 17.1. The van der Waals surface area contributed by atoms with E-state index in [1.807, 2.05) is 42.5 Å². The summed E-state index contributed by atoms with van der Waals surface area (Å²) in [6, 6.07) is 22.3. The van der Waals surface area contributed by atoms with Crippen molar-refractivity contribution in [1.29, 1.82) is 0 Å². The molecule has 0 N–H and O–H groups in total. The lowest BCUT2D eigenvalue weighted by Crippen LogP contribution is -2.46. The van der Waals surface area contributed by atoms with Crippen molar-refractivity contribution in [1.82, 2.24) is 9.97 Å². The fraction of sp³-hybridized carbons (Fsp3) is 0.200. The highest BCUT2D eigenvalue weighted by atomic mass is 35.5. The van der Waals surface area contributed by atoms with Gasteiger partial charge in [-0.1, -0.05) is 60.1 Å². The highest BCUT2D eigenvalue weighted by Gasteiger charge is 2.19. The SMILES string of the molecule is Clc1cc(N2CCN(c3ccccc3)CC2)nc(-c2ccccc2)n1. The summed E-state index contributed by atoms with van der Waals surface area (Å²) in [5.74, 6) is 1.57. The third-order valence-electron chi connectivity index (χ3n) is 4.44. The number of benzene rings is 2. The maximum atomic E-state index is 6.26. The molecule has 3 aromatic rings. The van der Waals surface area contributed by atoms with Crippen LogP contribution in [-0.4, -0.2) is 36.1 Å². The largest absolute Gasteiger partial charge is 0.368 e. The molecule has 0 saturated carbocycles. The summed E-state index contributed by atoms with van der Waals surface area (Å²) in [5, 5.41) is 0.481. The van der Waals surface area contributed by atoms with Crippen LogP contribution in [0.4, 0.5) is 11.5 Å². The molecule has 0 atom stereocenters. The second-order valence-corrected chi connectivity index (χ2v) is 6.44. The van der Waals surface area contributed by atoms with Crippen LogP contribution in [0, 0.1) is 0 Å². The molecule has 0 aliphatic carbocycles. The molecule has 0 spiro atoms. The maximum Gasteiger partial charge on any atom is 0.163 e. The lowest BCUT2D eigenvalue weighted by atomic mass is 10.2. The molecule has 126 valence electrons. The molecule has 0 unspecified atom stereocenters. The van der Waals surface area contributed by atoms with E-state index >= 15 is 0 Å². The lowest BCUT2D eigenvalue weighted by molar-refractivity contribution is 0.647. The number of halogens is 1. The predicted molar refractivity (Wildman–Crippen MR) is 103 cm³/mol. The Morgan fingerprint density at radius 3 is 2.00 bits per heavy atom. The number of rotatable bonds is 3. The van der Waals surface area contributed by atoms with E-state index in [4.69, 9.17) is 16.6 Å². The number of hydrogen-bond acceptors (Lipinski definition) is 4. The van der Waals surface area contributed by atoms with E-state index < -0.39 is 0 Å². The molecule has 4 nitrogen and oxygen atoms in total. The van der Waals surface area contributed by atoms with E-state index in [9.17, 15) is 0 Å². The van der Waals surface area contributed by atoms with Gasteiger partial charge in [-0.25, -0.2) is 9.97 Å². The second-order valence-electron chi connectivity index (χ2n) is 6.05. The summed E-state index contributed by atoms with van der Waals surface area (Å²) >= 11 is 6.26. The molecule has 1 aliphatic rings. The zero-order valence-electron chi connectivity index (χ0n) is 13.8. The normalized spacial score (nSPS) is 14.6. The van der Waals surface area contributed by atoms with Gasteiger partial charge in [0.1, 0.15) is 11.0 Å². The smallest absolute Gasteiger partial charge is 0.163 e. The Morgan fingerprint density at radius 2 is 1.32 bits per heavy atom. The van der Waals surface area contributed by atoms with Gasteiger partial charge in [0.05, 0.1) is 0 Å². The molecule has 1 saturated heterocycles. The van der Waals surface area contributed by atoms with Crippen molar-refractivity contribution in [2.45, 2.75) is 0 Å². The van der Waals surface area contributed by atoms with E-state index in [0.717, 1.165) is 37.6 Å². The van der Waals surface area contributed by atoms with Gasteiger partial charge in [-0.05, 0) is 12.1 Å². The Balaban J connectivity index is 1.52. The molecule has 1 aliphatic heterocycles. The zero-order valence-corrected chi connectivity index (χ0v) is 14.6. The lowest BCUT2D eigenvalue weighted by Gasteiger charge is -2.36. The van der Waals surface area contributed by atoms with Crippen LogP contribution in [0.2, 0.25) is 5.15 Å². The first-order chi connectivity index (χ1) is 12.3. The number of piperazine rings is 1. The van der Waals surface area contributed by atoms with Crippen molar-refractivity contribution in [3.63, 3.8) is 0 Å². The van der Waals surface area contributed by atoms with Gasteiger partial charge >= 0.3 is 0 Å². The van der Waals surface area contributed by atoms with Crippen LogP contribution in [0.25, 0.3) is 11.4 Å². The van der Waals surface area contributed by atoms with Gasteiger partial charge in [0, 0.05) is 43.5 Å². The summed E-state index contributed by atoms with van der Waals surface area (Å²) in [5.41, 5.74) is 2.25. The first-order valence-electron chi connectivity index (χ1n) is 8.44. The molecule has 4 rings (SSSR count). The summed E-state index contributed by atoms with van der Waals surface area (Å²) < 4.78 is 0. The number of anilines is 2. The number of aromatic nitrogens is 2. The van der Waals surface area contributed by atoms with Crippen LogP contribution in [0.5, 0.6) is 0 Å². The maximum absolute atomic E-state index is 6.26. The first kappa shape index (κ1) is 15.9.